The molecule has 0 saturated carbocycles. The molecule has 9 heavy (non-hydrogen) atoms. The zero-order chi connectivity index (χ0) is 7.11. The molecule has 0 amide bonds. The van der Waals surface area contributed by atoms with E-state index < -0.39 is 0 Å². The number of rotatable bonds is 1. The maximum Gasteiger partial charge on any atom is 0.146 e. The van der Waals surface area contributed by atoms with Crippen molar-refractivity contribution < 1.29 is 4.79 Å². The van der Waals surface area contributed by atoms with Gasteiger partial charge in [0.05, 0.1) is 0 Å². The summed E-state index contributed by atoms with van der Waals surface area (Å²) in [6.45, 7) is 5.09. The molecule has 0 unspecified atom stereocenters. The van der Waals surface area contributed by atoms with Crippen molar-refractivity contribution in [3.8, 4) is 11.8 Å². The van der Waals surface area contributed by atoms with Crippen molar-refractivity contribution in [2.75, 3.05) is 0 Å². The summed E-state index contributed by atoms with van der Waals surface area (Å²) in [7, 11) is 0. The van der Waals surface area contributed by atoms with Gasteiger partial charge in [-0.3, -0.25) is 4.79 Å². The highest BCUT2D eigenvalue weighted by atomic mass is 16.1. The third-order valence-electron chi connectivity index (χ3n) is 0.671. The van der Waals surface area contributed by atoms with E-state index in [0.717, 1.165) is 6.29 Å². The molecule has 0 fully saturated rings. The molecule has 0 saturated heterocycles. The monoisotopic (exact) mass is 120 g/mol. The third-order valence-corrected chi connectivity index (χ3v) is 0.671. The second kappa shape index (κ2) is 4.86. The van der Waals surface area contributed by atoms with Gasteiger partial charge in [0.1, 0.15) is 6.29 Å². The predicted molar refractivity (Wildman–Crippen MR) is 37.8 cm³/mol. The number of hydrogen-bond acceptors (Lipinski definition) is 1. The lowest BCUT2D eigenvalue weighted by molar-refractivity contribution is -0.104. The Hall–Kier alpha value is -1.29. The van der Waals surface area contributed by atoms with Gasteiger partial charge in [0.2, 0.25) is 0 Å². The largest absolute Gasteiger partial charge is 0.298 e. The van der Waals surface area contributed by atoms with E-state index in [1.807, 2.05) is 0 Å². The van der Waals surface area contributed by atoms with Crippen LogP contribution in [0.4, 0.5) is 0 Å². The van der Waals surface area contributed by atoms with E-state index in [1.54, 1.807) is 13.0 Å². The molecule has 0 radical (unpaired) electrons. The van der Waals surface area contributed by atoms with Gasteiger partial charge in [-0.05, 0) is 24.6 Å². The Balaban J connectivity index is 3.96. The van der Waals surface area contributed by atoms with E-state index in [1.165, 1.54) is 6.08 Å². The fraction of sp³-hybridized carbons (Fsp3) is 0.125. The Morgan fingerprint density at radius 1 is 1.56 bits per heavy atom. The maximum absolute atomic E-state index is 9.94. The molecular weight excluding hydrogens is 112 g/mol. The third kappa shape index (κ3) is 4.57. The average Bonchev–Trinajstić information content (AvgIpc) is 1.89. The van der Waals surface area contributed by atoms with Gasteiger partial charge in [-0.15, -0.1) is 0 Å². The lowest BCUT2D eigenvalue weighted by Crippen LogP contribution is -1.71. The highest BCUT2D eigenvalue weighted by Gasteiger charge is 1.75. The molecule has 0 aliphatic rings. The first-order valence-corrected chi connectivity index (χ1v) is 2.55. The molecule has 0 heterocycles. The van der Waals surface area contributed by atoms with Crippen LogP contribution in [0.3, 0.4) is 0 Å². The topological polar surface area (TPSA) is 17.1 Å². The predicted octanol–water partition coefficient (Wildman–Crippen LogP) is 1.32. The smallest absolute Gasteiger partial charge is 0.146 e. The van der Waals surface area contributed by atoms with E-state index in [0.29, 0.717) is 5.57 Å². The molecule has 0 atom stereocenters. The first kappa shape index (κ1) is 7.71. The number of allylic oxidation sites excluding steroid dienone is 3. The minimum atomic E-state index is 0.629. The summed E-state index contributed by atoms with van der Waals surface area (Å²) in [5.41, 5.74) is 0.629. The van der Waals surface area contributed by atoms with Crippen LogP contribution in [0, 0.1) is 11.8 Å². The number of carbonyl (C=O) groups excluding carboxylic acids is 1. The van der Waals surface area contributed by atoms with Crippen LogP contribution in [0.2, 0.25) is 0 Å². The molecule has 1 heteroatoms. The van der Waals surface area contributed by atoms with E-state index in [9.17, 15) is 4.79 Å². The second-order valence-corrected chi connectivity index (χ2v) is 1.50. The Morgan fingerprint density at radius 2 is 2.22 bits per heavy atom. The quantitative estimate of drug-likeness (QED) is 0.290. The Kier molecular flexibility index (Phi) is 4.16. The molecule has 1 nitrogen and oxygen atoms in total. The van der Waals surface area contributed by atoms with E-state index >= 15 is 0 Å². The maximum atomic E-state index is 9.94. The summed E-state index contributed by atoms with van der Waals surface area (Å²) in [6, 6.07) is 0. The van der Waals surface area contributed by atoms with Gasteiger partial charge in [-0.2, -0.15) is 0 Å². The van der Waals surface area contributed by atoms with Crippen molar-refractivity contribution in [1.29, 1.82) is 0 Å². The highest BCUT2D eigenvalue weighted by Crippen LogP contribution is 1.81. The lowest BCUT2D eigenvalue weighted by atomic mass is 10.3. The summed E-state index contributed by atoms with van der Waals surface area (Å²) in [5.74, 6) is 5.22. The molecule has 0 aromatic rings. The van der Waals surface area contributed by atoms with Crippen LogP contribution in [-0.4, -0.2) is 6.29 Å². The van der Waals surface area contributed by atoms with Crippen molar-refractivity contribution >= 4 is 6.29 Å². The van der Waals surface area contributed by atoms with E-state index in [-0.39, 0.29) is 0 Å². The van der Waals surface area contributed by atoms with E-state index in [2.05, 4.69) is 18.4 Å². The second-order valence-electron chi connectivity index (χ2n) is 1.50. The highest BCUT2D eigenvalue weighted by molar-refractivity contribution is 5.73. The first-order chi connectivity index (χ1) is 4.31. The zero-order valence-corrected chi connectivity index (χ0v) is 5.35. The first-order valence-electron chi connectivity index (χ1n) is 2.55. The van der Waals surface area contributed by atoms with Gasteiger partial charge in [0.25, 0.3) is 0 Å². The van der Waals surface area contributed by atoms with Gasteiger partial charge in [-0.1, -0.05) is 18.4 Å². The summed E-state index contributed by atoms with van der Waals surface area (Å²) < 4.78 is 0. The van der Waals surface area contributed by atoms with Gasteiger partial charge < -0.3 is 0 Å². The normalized spacial score (nSPS) is 9.22. The van der Waals surface area contributed by atoms with Crippen molar-refractivity contribution in [3.05, 3.63) is 24.3 Å². The minimum Gasteiger partial charge on any atom is -0.298 e. The SMILES string of the molecule is C=CC#C/C=C(/C)C=O. The molecule has 0 spiro atoms. The van der Waals surface area contributed by atoms with Crippen LogP contribution >= 0.6 is 0 Å². The van der Waals surface area contributed by atoms with Crippen LogP contribution < -0.4 is 0 Å². The fourth-order valence-electron chi connectivity index (χ4n) is 0.248. The lowest BCUT2D eigenvalue weighted by Gasteiger charge is -1.74. The molecule has 0 aliphatic heterocycles. The molecule has 0 aromatic carbocycles. The molecule has 0 N–H and O–H groups in total. The van der Waals surface area contributed by atoms with Crippen LogP contribution in [0.25, 0.3) is 0 Å². The number of carbonyl (C=O) groups is 1. The Labute approximate surface area is 55.1 Å². The molecule has 0 aliphatic carbocycles. The van der Waals surface area contributed by atoms with E-state index in [4.69, 9.17) is 0 Å². The van der Waals surface area contributed by atoms with Crippen molar-refractivity contribution in [2.24, 2.45) is 0 Å². The number of hydrogen-bond donors (Lipinski definition) is 0. The Bertz CT molecular complexity index is 188. The summed E-state index contributed by atoms with van der Waals surface area (Å²) >= 11 is 0. The summed E-state index contributed by atoms with van der Waals surface area (Å²) in [5, 5.41) is 0. The molecular formula is C8H8O. The summed E-state index contributed by atoms with van der Waals surface area (Å²) in [4.78, 5) is 9.94. The number of aldehydes is 1. The molecule has 46 valence electrons. The van der Waals surface area contributed by atoms with Gasteiger partial charge in [0.15, 0.2) is 0 Å². The van der Waals surface area contributed by atoms with Gasteiger partial charge in [0, 0.05) is 0 Å². The van der Waals surface area contributed by atoms with Crippen molar-refractivity contribution in [2.45, 2.75) is 6.92 Å². The average molecular weight is 120 g/mol. The zero-order valence-electron chi connectivity index (χ0n) is 5.35. The molecule has 0 rings (SSSR count). The van der Waals surface area contributed by atoms with Crippen molar-refractivity contribution in [1.82, 2.24) is 0 Å². The summed E-state index contributed by atoms with van der Waals surface area (Å²) in [6.07, 6.45) is 3.79. The standard InChI is InChI=1S/C8H8O/c1-3-4-5-6-8(2)7-9/h3,6-7H,1H2,2H3/b8-6-. The molecule has 0 bridgehead atoms. The van der Waals surface area contributed by atoms with Crippen molar-refractivity contribution in [3.63, 3.8) is 0 Å². The molecule has 0 aromatic heterocycles. The van der Waals surface area contributed by atoms with Crippen LogP contribution in [0.15, 0.2) is 24.3 Å². The van der Waals surface area contributed by atoms with Crippen LogP contribution in [0.5, 0.6) is 0 Å². The van der Waals surface area contributed by atoms with Crippen LogP contribution in [0.1, 0.15) is 6.92 Å². The van der Waals surface area contributed by atoms with Gasteiger partial charge in [-0.25, -0.2) is 0 Å². The fourth-order valence-corrected chi connectivity index (χ4v) is 0.248. The Morgan fingerprint density at radius 3 is 2.67 bits per heavy atom. The minimum absolute atomic E-state index is 0.629. The van der Waals surface area contributed by atoms with Crippen LogP contribution in [-0.2, 0) is 4.79 Å². The van der Waals surface area contributed by atoms with Gasteiger partial charge >= 0.3 is 0 Å².